The van der Waals surface area contributed by atoms with Gasteiger partial charge in [0.25, 0.3) is 0 Å². The summed E-state index contributed by atoms with van der Waals surface area (Å²) >= 11 is 3.59. The molecule has 2 atom stereocenters. The van der Waals surface area contributed by atoms with Crippen molar-refractivity contribution in [3.8, 4) is 0 Å². The molecule has 3 heteroatoms. The highest BCUT2D eigenvalue weighted by molar-refractivity contribution is 9.10. The molecule has 0 heterocycles. The topological polar surface area (TPSA) is 35.2 Å². The van der Waals surface area contributed by atoms with Crippen molar-refractivity contribution in [1.82, 2.24) is 0 Å². The van der Waals surface area contributed by atoms with Crippen LogP contribution in [-0.2, 0) is 4.74 Å². The lowest BCUT2D eigenvalue weighted by Crippen LogP contribution is -2.34. The Morgan fingerprint density at radius 1 is 1.41 bits per heavy atom. The first kappa shape index (κ1) is 13.1. The van der Waals surface area contributed by atoms with E-state index in [1.165, 1.54) is 24.8 Å². The second-order valence-electron chi connectivity index (χ2n) is 4.70. The summed E-state index contributed by atoms with van der Waals surface area (Å²) in [5, 5.41) is 0. The molecule has 0 saturated heterocycles. The van der Waals surface area contributed by atoms with Crippen LogP contribution in [0.3, 0.4) is 0 Å². The van der Waals surface area contributed by atoms with Gasteiger partial charge in [0.2, 0.25) is 0 Å². The standard InChI is InChI=1S/C14H20BrNO/c1-2-13(16)14(17-10-6-5-7-10)11-8-3-4-9-12(11)15/h3-4,8-10,13-14H,2,5-7,16H2,1H3. The number of ether oxygens (including phenoxy) is 1. The summed E-state index contributed by atoms with van der Waals surface area (Å²) in [6.07, 6.45) is 4.99. The molecule has 1 saturated carbocycles. The molecular formula is C14H20BrNO. The minimum atomic E-state index is 0.0147. The van der Waals surface area contributed by atoms with Crippen molar-refractivity contribution >= 4 is 15.9 Å². The van der Waals surface area contributed by atoms with Crippen molar-refractivity contribution < 1.29 is 4.74 Å². The predicted octanol–water partition coefficient (Wildman–Crippen LogP) is 3.80. The highest BCUT2D eigenvalue weighted by atomic mass is 79.9. The molecule has 0 bridgehead atoms. The minimum absolute atomic E-state index is 0.0147. The SMILES string of the molecule is CCC(N)C(OC1CCC1)c1ccccc1Br. The van der Waals surface area contributed by atoms with Gasteiger partial charge in [-0.15, -0.1) is 0 Å². The van der Waals surface area contributed by atoms with Crippen LogP contribution in [0.4, 0.5) is 0 Å². The quantitative estimate of drug-likeness (QED) is 0.897. The molecule has 0 spiro atoms. The van der Waals surface area contributed by atoms with E-state index in [2.05, 4.69) is 35.0 Å². The zero-order chi connectivity index (χ0) is 12.3. The lowest BCUT2D eigenvalue weighted by Gasteiger charge is -2.33. The van der Waals surface area contributed by atoms with Gasteiger partial charge in [-0.2, -0.15) is 0 Å². The molecule has 2 unspecified atom stereocenters. The maximum absolute atomic E-state index is 6.20. The molecule has 0 amide bonds. The average molecular weight is 298 g/mol. The highest BCUT2D eigenvalue weighted by Crippen LogP contribution is 2.34. The van der Waals surface area contributed by atoms with E-state index < -0.39 is 0 Å². The van der Waals surface area contributed by atoms with E-state index in [4.69, 9.17) is 10.5 Å². The van der Waals surface area contributed by atoms with E-state index in [1.807, 2.05) is 12.1 Å². The molecule has 0 radical (unpaired) electrons. The van der Waals surface area contributed by atoms with Gasteiger partial charge >= 0.3 is 0 Å². The van der Waals surface area contributed by atoms with Crippen molar-refractivity contribution in [2.45, 2.75) is 50.9 Å². The Balaban J connectivity index is 2.16. The smallest absolute Gasteiger partial charge is 0.0990 e. The molecule has 2 rings (SSSR count). The summed E-state index contributed by atoms with van der Waals surface area (Å²) in [6.45, 7) is 2.11. The molecule has 94 valence electrons. The van der Waals surface area contributed by atoms with E-state index in [0.29, 0.717) is 6.10 Å². The number of hydrogen-bond acceptors (Lipinski definition) is 2. The molecule has 1 fully saturated rings. The molecular weight excluding hydrogens is 278 g/mol. The van der Waals surface area contributed by atoms with Crippen LogP contribution in [0.2, 0.25) is 0 Å². The van der Waals surface area contributed by atoms with Crippen molar-refractivity contribution in [3.05, 3.63) is 34.3 Å². The Bertz CT molecular complexity index is 365. The number of nitrogens with two attached hydrogens (primary N) is 1. The second-order valence-corrected chi connectivity index (χ2v) is 5.56. The summed E-state index contributed by atoms with van der Waals surface area (Å²) in [4.78, 5) is 0. The maximum Gasteiger partial charge on any atom is 0.0990 e. The van der Waals surface area contributed by atoms with Crippen LogP contribution >= 0.6 is 15.9 Å². The molecule has 2 N–H and O–H groups in total. The van der Waals surface area contributed by atoms with Crippen LogP contribution in [0.5, 0.6) is 0 Å². The van der Waals surface area contributed by atoms with Gasteiger partial charge in [-0.05, 0) is 37.3 Å². The van der Waals surface area contributed by atoms with Crippen LogP contribution in [0.15, 0.2) is 28.7 Å². The van der Waals surface area contributed by atoms with Crippen LogP contribution in [0.25, 0.3) is 0 Å². The summed E-state index contributed by atoms with van der Waals surface area (Å²) in [7, 11) is 0. The number of rotatable bonds is 5. The number of benzene rings is 1. The Hall–Kier alpha value is -0.380. The van der Waals surface area contributed by atoms with Gasteiger partial charge in [0.1, 0.15) is 0 Å². The van der Waals surface area contributed by atoms with Gasteiger partial charge in [0, 0.05) is 10.5 Å². The molecule has 1 aliphatic rings. The lowest BCUT2D eigenvalue weighted by molar-refractivity contribution is -0.0641. The van der Waals surface area contributed by atoms with E-state index in [-0.39, 0.29) is 12.1 Å². The largest absolute Gasteiger partial charge is 0.369 e. The van der Waals surface area contributed by atoms with Gasteiger partial charge in [-0.3, -0.25) is 0 Å². The molecule has 1 aromatic rings. The van der Waals surface area contributed by atoms with Crippen molar-refractivity contribution in [3.63, 3.8) is 0 Å². The van der Waals surface area contributed by atoms with E-state index in [9.17, 15) is 0 Å². The van der Waals surface area contributed by atoms with E-state index in [0.717, 1.165) is 10.9 Å². The van der Waals surface area contributed by atoms with Crippen molar-refractivity contribution in [2.75, 3.05) is 0 Å². The van der Waals surface area contributed by atoms with Gasteiger partial charge in [-0.1, -0.05) is 41.1 Å². The first-order valence-electron chi connectivity index (χ1n) is 6.37. The normalized spacial score (nSPS) is 19.7. The van der Waals surface area contributed by atoms with E-state index in [1.54, 1.807) is 0 Å². The molecule has 0 aromatic heterocycles. The first-order chi connectivity index (χ1) is 8.22. The molecule has 0 aliphatic heterocycles. The number of hydrogen-bond donors (Lipinski definition) is 1. The Kier molecular flexibility index (Phi) is 4.60. The summed E-state index contributed by atoms with van der Waals surface area (Å²) in [5.74, 6) is 0. The molecule has 1 aromatic carbocycles. The fourth-order valence-electron chi connectivity index (χ4n) is 2.04. The Morgan fingerprint density at radius 2 is 2.12 bits per heavy atom. The van der Waals surface area contributed by atoms with E-state index >= 15 is 0 Å². The molecule has 1 aliphatic carbocycles. The van der Waals surface area contributed by atoms with Gasteiger partial charge in [-0.25, -0.2) is 0 Å². The molecule has 2 nitrogen and oxygen atoms in total. The Labute approximate surface area is 112 Å². The zero-order valence-corrected chi connectivity index (χ0v) is 11.8. The van der Waals surface area contributed by atoms with Crippen LogP contribution in [0.1, 0.15) is 44.3 Å². The third-order valence-corrected chi connectivity index (χ3v) is 4.19. The monoisotopic (exact) mass is 297 g/mol. The lowest BCUT2D eigenvalue weighted by atomic mass is 9.94. The van der Waals surface area contributed by atoms with Gasteiger partial charge < -0.3 is 10.5 Å². The fraction of sp³-hybridized carbons (Fsp3) is 0.571. The minimum Gasteiger partial charge on any atom is -0.369 e. The number of halogens is 1. The summed E-state index contributed by atoms with van der Waals surface area (Å²) < 4.78 is 7.24. The second kappa shape index (κ2) is 5.98. The summed E-state index contributed by atoms with van der Waals surface area (Å²) in [6, 6.07) is 8.28. The van der Waals surface area contributed by atoms with Gasteiger partial charge in [0.15, 0.2) is 0 Å². The van der Waals surface area contributed by atoms with Crippen LogP contribution in [-0.4, -0.2) is 12.1 Å². The average Bonchev–Trinajstić information content (AvgIpc) is 2.29. The summed E-state index contributed by atoms with van der Waals surface area (Å²) in [5.41, 5.74) is 7.37. The Morgan fingerprint density at radius 3 is 2.65 bits per heavy atom. The maximum atomic E-state index is 6.20. The van der Waals surface area contributed by atoms with Crippen LogP contribution < -0.4 is 5.73 Å². The predicted molar refractivity (Wildman–Crippen MR) is 73.9 cm³/mol. The van der Waals surface area contributed by atoms with Crippen LogP contribution in [0, 0.1) is 0 Å². The third-order valence-electron chi connectivity index (χ3n) is 3.46. The highest BCUT2D eigenvalue weighted by Gasteiger charge is 2.27. The zero-order valence-electron chi connectivity index (χ0n) is 10.2. The van der Waals surface area contributed by atoms with Crippen molar-refractivity contribution in [1.29, 1.82) is 0 Å². The molecule has 17 heavy (non-hydrogen) atoms. The third kappa shape index (κ3) is 3.09. The van der Waals surface area contributed by atoms with Crippen molar-refractivity contribution in [2.24, 2.45) is 5.73 Å². The van der Waals surface area contributed by atoms with Gasteiger partial charge in [0.05, 0.1) is 12.2 Å². The fourth-order valence-corrected chi connectivity index (χ4v) is 2.55. The first-order valence-corrected chi connectivity index (χ1v) is 7.17.